The van der Waals surface area contributed by atoms with E-state index in [9.17, 15) is 18.5 Å². The number of nitrogens with zero attached hydrogens (tertiary/aromatic N) is 2. The first kappa shape index (κ1) is 21.1. The van der Waals surface area contributed by atoms with E-state index in [-0.39, 0.29) is 10.7 Å². The van der Waals surface area contributed by atoms with Crippen LogP contribution in [-0.2, 0) is 30.4 Å². The molecule has 0 unspecified atom stereocenters. The first-order valence-electron chi connectivity index (χ1n) is 7.58. The Kier molecular flexibility index (Phi) is 7.16. The minimum atomic E-state index is -4.29. The third-order valence-corrected chi connectivity index (χ3v) is 5.77. The van der Waals surface area contributed by atoms with Crippen LogP contribution in [0.2, 0.25) is 0 Å². The summed E-state index contributed by atoms with van der Waals surface area (Å²) in [5.74, 6) is 0.328. The van der Waals surface area contributed by atoms with Crippen molar-refractivity contribution >= 4 is 22.1 Å². The van der Waals surface area contributed by atoms with Crippen molar-refractivity contribution in [3.05, 3.63) is 79.6 Å². The maximum Gasteiger partial charge on any atom is 0.381 e. The number of hydrogen-bond acceptors (Lipinski definition) is 8. The predicted molar refractivity (Wildman–Crippen MR) is 99.7 cm³/mol. The zero-order valence-electron chi connectivity index (χ0n) is 14.8. The predicted octanol–water partition coefficient (Wildman–Crippen LogP) is 2.59. The number of benzene rings is 1. The van der Waals surface area contributed by atoms with Gasteiger partial charge < -0.3 is 4.74 Å². The monoisotopic (exact) mass is 414 g/mol. The van der Waals surface area contributed by atoms with Gasteiger partial charge in [-0.25, -0.2) is 13.3 Å². The second-order valence-corrected chi connectivity index (χ2v) is 8.23. The van der Waals surface area contributed by atoms with E-state index in [1.54, 1.807) is 0 Å². The molecule has 0 fully saturated rings. The Morgan fingerprint density at radius 1 is 1.26 bits per heavy atom. The first-order chi connectivity index (χ1) is 12.8. The van der Waals surface area contributed by atoms with Crippen molar-refractivity contribution in [3.8, 4) is 0 Å². The lowest BCUT2D eigenvalue weighted by molar-refractivity contribution is -0.412. The molecular weight excluding hydrogens is 396 g/mol. The van der Waals surface area contributed by atoms with Gasteiger partial charge in [0.15, 0.2) is 5.09 Å². The molecule has 0 amide bonds. The summed E-state index contributed by atoms with van der Waals surface area (Å²) in [6, 6.07) is 9.25. The SMILES string of the molecule is COOSC1=CC(=C([N+](=O)[O-])S(=O)(=O)N(C)C)C=C(Cc2ccccc2)O1. The van der Waals surface area contributed by atoms with E-state index in [4.69, 9.17) is 9.07 Å². The lowest BCUT2D eigenvalue weighted by Crippen LogP contribution is -2.28. The highest BCUT2D eigenvalue weighted by Crippen LogP contribution is 2.32. The molecule has 0 radical (unpaired) electrons. The highest BCUT2D eigenvalue weighted by molar-refractivity contribution is 7.98. The molecule has 0 N–H and O–H groups in total. The maximum atomic E-state index is 12.4. The number of ether oxygens (including phenoxy) is 1. The Morgan fingerprint density at radius 2 is 1.93 bits per heavy atom. The fourth-order valence-corrected chi connectivity index (χ4v) is 3.57. The van der Waals surface area contributed by atoms with Gasteiger partial charge in [-0.3, -0.25) is 10.1 Å². The zero-order chi connectivity index (χ0) is 20.0. The van der Waals surface area contributed by atoms with Crippen LogP contribution in [0.25, 0.3) is 0 Å². The van der Waals surface area contributed by atoms with Gasteiger partial charge >= 0.3 is 15.1 Å². The van der Waals surface area contributed by atoms with Crippen molar-refractivity contribution in [2.75, 3.05) is 21.2 Å². The normalized spacial score (nSPS) is 16.4. The van der Waals surface area contributed by atoms with Crippen LogP contribution in [0.15, 0.2) is 63.9 Å². The van der Waals surface area contributed by atoms with Gasteiger partial charge in [0.05, 0.1) is 17.6 Å². The standard InChI is InChI=1S/C16H18N2O7S2/c1-17(2)27(21,22)16(18(19)20)13-10-14(9-12-7-5-4-6-8-12)24-15(11-13)26-25-23-3/h4-8,10-11H,9H2,1-3H3. The van der Waals surface area contributed by atoms with Gasteiger partial charge in [0.1, 0.15) is 17.8 Å². The Balaban J connectivity index is 2.54. The summed E-state index contributed by atoms with van der Waals surface area (Å²) in [6.45, 7) is 0. The minimum Gasteiger partial charge on any atom is -0.452 e. The van der Waals surface area contributed by atoms with Gasteiger partial charge in [0, 0.05) is 26.6 Å². The molecule has 1 aliphatic rings. The molecule has 0 aromatic heterocycles. The third kappa shape index (κ3) is 5.40. The molecule has 1 aromatic rings. The average molecular weight is 414 g/mol. The molecule has 0 saturated heterocycles. The molecule has 0 bridgehead atoms. The van der Waals surface area contributed by atoms with Crippen molar-refractivity contribution < 1.29 is 27.3 Å². The van der Waals surface area contributed by atoms with Crippen molar-refractivity contribution in [2.45, 2.75) is 6.42 Å². The van der Waals surface area contributed by atoms with Crippen LogP contribution in [0.4, 0.5) is 0 Å². The van der Waals surface area contributed by atoms with E-state index in [0.717, 1.165) is 9.87 Å². The number of nitro groups is 1. The minimum absolute atomic E-state index is 0.105. The number of allylic oxidation sites excluding steroid dienone is 4. The zero-order valence-corrected chi connectivity index (χ0v) is 16.5. The van der Waals surface area contributed by atoms with Crippen molar-refractivity contribution in [1.29, 1.82) is 0 Å². The molecule has 1 heterocycles. The Morgan fingerprint density at radius 3 is 2.48 bits per heavy atom. The smallest absolute Gasteiger partial charge is 0.381 e. The topological polar surface area (TPSA) is 108 Å². The Bertz CT molecular complexity index is 891. The van der Waals surface area contributed by atoms with Crippen LogP contribution in [-0.4, -0.2) is 38.9 Å². The lowest BCUT2D eigenvalue weighted by Gasteiger charge is -2.18. The number of rotatable bonds is 8. The molecule has 0 aliphatic carbocycles. The largest absolute Gasteiger partial charge is 0.452 e. The highest BCUT2D eigenvalue weighted by Gasteiger charge is 2.36. The fourth-order valence-electron chi connectivity index (χ4n) is 2.17. The number of hydrogen-bond donors (Lipinski definition) is 0. The lowest BCUT2D eigenvalue weighted by atomic mass is 10.1. The molecular formula is C16H18N2O7S2. The van der Waals surface area contributed by atoms with Crippen LogP contribution in [0.5, 0.6) is 0 Å². The molecule has 0 saturated carbocycles. The van der Waals surface area contributed by atoms with Crippen molar-refractivity contribution in [2.24, 2.45) is 0 Å². The second kappa shape index (κ2) is 9.15. The van der Waals surface area contributed by atoms with E-state index in [1.807, 2.05) is 30.3 Å². The molecule has 146 valence electrons. The third-order valence-electron chi connectivity index (χ3n) is 3.36. The van der Waals surface area contributed by atoms with Gasteiger partial charge in [0.25, 0.3) is 0 Å². The fraction of sp³-hybridized carbons (Fsp3) is 0.250. The summed E-state index contributed by atoms with van der Waals surface area (Å²) >= 11 is 0.674. The summed E-state index contributed by atoms with van der Waals surface area (Å²) < 4.78 is 36.0. The summed E-state index contributed by atoms with van der Waals surface area (Å²) in [5, 5.41) is 10.7. The van der Waals surface area contributed by atoms with Gasteiger partial charge in [-0.05, 0) is 11.6 Å². The average Bonchev–Trinajstić information content (AvgIpc) is 2.60. The quantitative estimate of drug-likeness (QED) is 0.276. The Hall–Kier alpha value is -2.18. The van der Waals surface area contributed by atoms with Gasteiger partial charge in [-0.2, -0.15) is 8.64 Å². The summed E-state index contributed by atoms with van der Waals surface area (Å²) in [5.41, 5.74) is 0.771. The molecule has 9 nitrogen and oxygen atoms in total. The van der Waals surface area contributed by atoms with Crippen LogP contribution in [0.3, 0.4) is 0 Å². The summed E-state index contributed by atoms with van der Waals surface area (Å²) in [6.07, 6.45) is 2.86. The van der Waals surface area contributed by atoms with E-state index < -0.39 is 20.0 Å². The van der Waals surface area contributed by atoms with Crippen molar-refractivity contribution in [3.63, 3.8) is 0 Å². The highest BCUT2D eigenvalue weighted by atomic mass is 32.2. The molecule has 1 aliphatic heterocycles. The molecule has 2 rings (SSSR count). The summed E-state index contributed by atoms with van der Waals surface area (Å²) in [7, 11) is -0.560. The molecule has 0 spiro atoms. The number of sulfonamides is 1. The van der Waals surface area contributed by atoms with E-state index in [2.05, 4.69) is 4.89 Å². The Labute approximate surface area is 161 Å². The van der Waals surface area contributed by atoms with E-state index >= 15 is 0 Å². The van der Waals surface area contributed by atoms with E-state index in [1.165, 1.54) is 33.4 Å². The van der Waals surface area contributed by atoms with Gasteiger partial charge in [0.2, 0.25) is 0 Å². The van der Waals surface area contributed by atoms with Crippen LogP contribution >= 0.6 is 12.0 Å². The molecule has 0 atom stereocenters. The van der Waals surface area contributed by atoms with Gasteiger partial charge in [-0.15, -0.1) is 0 Å². The summed E-state index contributed by atoms with van der Waals surface area (Å²) in [4.78, 5) is 15.1. The van der Waals surface area contributed by atoms with Gasteiger partial charge in [-0.1, -0.05) is 30.3 Å². The maximum absolute atomic E-state index is 12.4. The second-order valence-electron chi connectivity index (χ2n) is 5.46. The van der Waals surface area contributed by atoms with Crippen LogP contribution < -0.4 is 0 Å². The van der Waals surface area contributed by atoms with E-state index in [0.29, 0.717) is 24.2 Å². The van der Waals surface area contributed by atoms with Crippen LogP contribution in [0.1, 0.15) is 5.56 Å². The van der Waals surface area contributed by atoms with Crippen LogP contribution in [0, 0.1) is 10.1 Å². The van der Waals surface area contributed by atoms with Crippen molar-refractivity contribution in [1.82, 2.24) is 4.31 Å². The molecule has 27 heavy (non-hydrogen) atoms. The first-order valence-corrected chi connectivity index (χ1v) is 9.76. The molecule has 1 aromatic carbocycles. The molecule has 11 heteroatoms.